The van der Waals surface area contributed by atoms with Crippen LogP contribution in [-0.4, -0.2) is 5.78 Å². The summed E-state index contributed by atoms with van der Waals surface area (Å²) in [6.45, 7) is 0. The van der Waals surface area contributed by atoms with Crippen molar-refractivity contribution in [2.24, 2.45) is 0 Å². The third kappa shape index (κ3) is 2.25. The number of hydrogen-bond acceptors (Lipinski definition) is 4. The number of fused-ring (bicyclic) bond motifs is 1. The molecule has 0 spiro atoms. The summed E-state index contributed by atoms with van der Waals surface area (Å²) >= 11 is 0. The summed E-state index contributed by atoms with van der Waals surface area (Å²) in [6, 6.07) is 19.1. The molecule has 0 atom stereocenters. The van der Waals surface area contributed by atoms with Gasteiger partial charge in [0.1, 0.15) is 16.9 Å². The Morgan fingerprint density at radius 2 is 1.58 bits per heavy atom. The van der Waals surface area contributed by atoms with Crippen molar-refractivity contribution in [3.8, 4) is 11.3 Å². The van der Waals surface area contributed by atoms with Crippen LogP contribution in [0.3, 0.4) is 0 Å². The molecule has 0 N–H and O–H groups in total. The minimum absolute atomic E-state index is 0.0187. The maximum Gasteiger partial charge on any atom is 0.235 e. The van der Waals surface area contributed by atoms with Crippen molar-refractivity contribution in [3.63, 3.8) is 0 Å². The molecule has 4 heteroatoms. The normalized spacial score (nSPS) is 10.8. The van der Waals surface area contributed by atoms with Gasteiger partial charge in [0, 0.05) is 5.56 Å². The molecule has 0 saturated carbocycles. The Kier molecular flexibility index (Phi) is 3.35. The van der Waals surface area contributed by atoms with E-state index in [1.54, 1.807) is 42.5 Å². The van der Waals surface area contributed by atoms with Gasteiger partial charge in [0.25, 0.3) is 0 Å². The third-order valence-corrected chi connectivity index (χ3v) is 3.81. The number of rotatable bonds is 3. The fourth-order valence-electron chi connectivity index (χ4n) is 2.67. The van der Waals surface area contributed by atoms with Gasteiger partial charge in [-0.3, -0.25) is 9.59 Å². The molecule has 0 aliphatic rings. The lowest BCUT2D eigenvalue weighted by Crippen LogP contribution is -2.17. The van der Waals surface area contributed by atoms with Gasteiger partial charge < -0.3 is 8.83 Å². The van der Waals surface area contributed by atoms with Crippen LogP contribution >= 0.6 is 0 Å². The van der Waals surface area contributed by atoms with Crippen LogP contribution in [0, 0.1) is 0 Å². The number of ketones is 1. The number of carbonyl (C=O) groups excluding carboxylic acids is 1. The molecule has 0 amide bonds. The largest absolute Gasteiger partial charge is 0.461 e. The Morgan fingerprint density at radius 3 is 2.33 bits per heavy atom. The summed E-state index contributed by atoms with van der Waals surface area (Å²) in [4.78, 5) is 25.7. The summed E-state index contributed by atoms with van der Waals surface area (Å²) < 4.78 is 11.1. The van der Waals surface area contributed by atoms with E-state index in [2.05, 4.69) is 0 Å². The zero-order valence-electron chi connectivity index (χ0n) is 12.6. The van der Waals surface area contributed by atoms with Crippen molar-refractivity contribution in [2.75, 3.05) is 0 Å². The van der Waals surface area contributed by atoms with Gasteiger partial charge in [0.05, 0.1) is 11.6 Å². The molecule has 4 aromatic rings. The Bertz CT molecular complexity index is 1070. The average Bonchev–Trinajstić information content (AvgIpc) is 3.17. The summed E-state index contributed by atoms with van der Waals surface area (Å²) in [5, 5.41) is 0.368. The summed E-state index contributed by atoms with van der Waals surface area (Å²) in [5.41, 5.74) is 0.722. The van der Waals surface area contributed by atoms with E-state index < -0.39 is 5.78 Å². The molecule has 0 saturated heterocycles. The van der Waals surface area contributed by atoms with Gasteiger partial charge >= 0.3 is 0 Å². The zero-order valence-corrected chi connectivity index (χ0v) is 12.6. The van der Waals surface area contributed by atoms with Crippen LogP contribution in [0.5, 0.6) is 0 Å². The van der Waals surface area contributed by atoms with E-state index in [1.807, 2.05) is 18.2 Å². The molecule has 4 rings (SSSR count). The van der Waals surface area contributed by atoms with Gasteiger partial charge in [0.2, 0.25) is 11.2 Å². The molecule has 24 heavy (non-hydrogen) atoms. The topological polar surface area (TPSA) is 60.4 Å². The first-order valence-electron chi connectivity index (χ1n) is 7.45. The van der Waals surface area contributed by atoms with Crippen molar-refractivity contribution in [3.05, 3.63) is 94.5 Å². The summed E-state index contributed by atoms with van der Waals surface area (Å²) in [6.07, 6.45) is 1.40. The van der Waals surface area contributed by atoms with E-state index in [4.69, 9.17) is 8.83 Å². The quantitative estimate of drug-likeness (QED) is 0.529. The molecule has 116 valence electrons. The Hall–Kier alpha value is -3.40. The molecule has 4 nitrogen and oxygen atoms in total. The van der Waals surface area contributed by atoms with E-state index >= 15 is 0 Å². The van der Waals surface area contributed by atoms with Gasteiger partial charge in [-0.2, -0.15) is 0 Å². The third-order valence-electron chi connectivity index (χ3n) is 3.81. The predicted octanol–water partition coefficient (Wildman–Crippen LogP) is 4.28. The van der Waals surface area contributed by atoms with Crippen molar-refractivity contribution < 1.29 is 13.6 Å². The minimum Gasteiger partial charge on any atom is -0.461 e. The van der Waals surface area contributed by atoms with Crippen molar-refractivity contribution in [2.45, 2.75) is 0 Å². The first-order valence-corrected chi connectivity index (χ1v) is 7.45. The SMILES string of the molecule is O=C(c1ccco1)c1c(-c2ccccc2)oc2ccccc2c1=O. The van der Waals surface area contributed by atoms with E-state index in [1.165, 1.54) is 12.3 Å². The van der Waals surface area contributed by atoms with E-state index in [9.17, 15) is 9.59 Å². The number of benzene rings is 2. The van der Waals surface area contributed by atoms with Gasteiger partial charge in [0.15, 0.2) is 5.76 Å². The van der Waals surface area contributed by atoms with Gasteiger partial charge in [-0.15, -0.1) is 0 Å². The zero-order chi connectivity index (χ0) is 16.5. The Morgan fingerprint density at radius 1 is 0.833 bits per heavy atom. The molecule has 0 bridgehead atoms. The second-order valence-corrected chi connectivity index (χ2v) is 5.30. The molecule has 2 aromatic heterocycles. The number of carbonyl (C=O) groups is 1. The fourth-order valence-corrected chi connectivity index (χ4v) is 2.67. The van der Waals surface area contributed by atoms with Crippen molar-refractivity contribution in [1.82, 2.24) is 0 Å². The van der Waals surface area contributed by atoms with Crippen LogP contribution in [0.25, 0.3) is 22.3 Å². The van der Waals surface area contributed by atoms with E-state index in [0.717, 1.165) is 0 Å². The summed E-state index contributed by atoms with van der Waals surface area (Å²) in [7, 11) is 0. The highest BCUT2D eigenvalue weighted by Crippen LogP contribution is 2.27. The van der Waals surface area contributed by atoms with Crippen LogP contribution in [0.15, 0.2) is 86.6 Å². The lowest BCUT2D eigenvalue weighted by atomic mass is 10.0. The molecular formula is C20H12O4. The molecule has 2 heterocycles. The smallest absolute Gasteiger partial charge is 0.235 e. The molecule has 0 fully saturated rings. The fraction of sp³-hybridized carbons (Fsp3) is 0. The average molecular weight is 316 g/mol. The number of para-hydroxylation sites is 1. The maximum absolute atomic E-state index is 12.9. The van der Waals surface area contributed by atoms with Crippen LogP contribution in [0.4, 0.5) is 0 Å². The summed E-state index contributed by atoms with van der Waals surface area (Å²) in [5.74, 6) is -0.131. The second-order valence-electron chi connectivity index (χ2n) is 5.30. The maximum atomic E-state index is 12.9. The first-order chi connectivity index (χ1) is 11.8. The van der Waals surface area contributed by atoms with Gasteiger partial charge in [-0.05, 0) is 24.3 Å². The molecule has 0 aliphatic carbocycles. The van der Waals surface area contributed by atoms with Gasteiger partial charge in [-0.1, -0.05) is 42.5 Å². The van der Waals surface area contributed by atoms with Crippen LogP contribution < -0.4 is 5.43 Å². The van der Waals surface area contributed by atoms with Gasteiger partial charge in [-0.25, -0.2) is 0 Å². The minimum atomic E-state index is -0.488. The highest BCUT2D eigenvalue weighted by atomic mass is 16.3. The van der Waals surface area contributed by atoms with Crippen molar-refractivity contribution >= 4 is 16.8 Å². The molecule has 0 unspecified atom stereocenters. The van der Waals surface area contributed by atoms with E-state index in [-0.39, 0.29) is 22.5 Å². The standard InChI is InChI=1S/C20H12O4/c21-18-14-9-4-5-10-15(14)24-20(13-7-2-1-3-8-13)17(18)19(22)16-11-6-12-23-16/h1-12H. The molecule has 0 radical (unpaired) electrons. The lowest BCUT2D eigenvalue weighted by molar-refractivity contribution is 0.101. The molecule has 2 aromatic carbocycles. The first kappa shape index (κ1) is 14.2. The number of furan rings is 1. The molecular weight excluding hydrogens is 304 g/mol. The van der Waals surface area contributed by atoms with E-state index in [0.29, 0.717) is 16.5 Å². The van der Waals surface area contributed by atoms with Crippen LogP contribution in [-0.2, 0) is 0 Å². The second kappa shape index (κ2) is 5.66. The Balaban J connectivity index is 2.08. The van der Waals surface area contributed by atoms with Crippen LogP contribution in [0.1, 0.15) is 16.1 Å². The Labute approximate surface area is 137 Å². The highest BCUT2D eigenvalue weighted by molar-refractivity contribution is 6.11. The monoisotopic (exact) mass is 316 g/mol. The number of hydrogen-bond donors (Lipinski definition) is 0. The van der Waals surface area contributed by atoms with Crippen LogP contribution in [0.2, 0.25) is 0 Å². The highest BCUT2D eigenvalue weighted by Gasteiger charge is 2.24. The predicted molar refractivity (Wildman–Crippen MR) is 90.1 cm³/mol. The van der Waals surface area contributed by atoms with Crippen molar-refractivity contribution in [1.29, 1.82) is 0 Å². The lowest BCUT2D eigenvalue weighted by Gasteiger charge is -2.08. The molecule has 0 aliphatic heterocycles.